The van der Waals surface area contributed by atoms with Crippen LogP contribution >= 0.6 is 0 Å². The molecule has 0 radical (unpaired) electrons. The van der Waals surface area contributed by atoms with Gasteiger partial charge in [-0.05, 0) is 17.5 Å². The summed E-state index contributed by atoms with van der Waals surface area (Å²) in [5.41, 5.74) is 0.0902. The first-order valence-corrected chi connectivity index (χ1v) is 5.86. The van der Waals surface area contributed by atoms with E-state index in [0.29, 0.717) is 5.69 Å². The molecule has 18 heavy (non-hydrogen) atoms. The molecule has 1 aromatic heterocycles. The number of hydrogen-bond acceptors (Lipinski definition) is 4. The summed E-state index contributed by atoms with van der Waals surface area (Å²) in [6.07, 6.45) is 1.70. The third kappa shape index (κ3) is 4.24. The van der Waals surface area contributed by atoms with Crippen molar-refractivity contribution >= 4 is 5.78 Å². The van der Waals surface area contributed by atoms with Gasteiger partial charge in [0.15, 0.2) is 5.78 Å². The molecule has 0 aliphatic carbocycles. The maximum atomic E-state index is 12.0. The summed E-state index contributed by atoms with van der Waals surface area (Å²) in [5, 5.41) is 10.7. The fourth-order valence-electron chi connectivity index (χ4n) is 1.68. The first kappa shape index (κ1) is 14.3. The predicted octanol–water partition coefficient (Wildman–Crippen LogP) is 2.59. The third-order valence-corrected chi connectivity index (χ3v) is 2.98. The second-order valence-corrected chi connectivity index (χ2v) is 5.42. The first-order valence-electron chi connectivity index (χ1n) is 5.86. The Kier molecular flexibility index (Phi) is 4.53. The van der Waals surface area contributed by atoms with Gasteiger partial charge < -0.3 is 0 Å². The normalized spacial score (nSPS) is 13.1. The van der Waals surface area contributed by atoms with Gasteiger partial charge in [0, 0.05) is 23.5 Å². The van der Waals surface area contributed by atoms with Crippen LogP contribution in [-0.4, -0.2) is 22.2 Å². The molecule has 0 spiro atoms. The molecule has 0 amide bonds. The van der Waals surface area contributed by atoms with Crippen LogP contribution in [0.4, 0.5) is 0 Å². The molecule has 0 fully saturated rings. The summed E-state index contributed by atoms with van der Waals surface area (Å²) in [7, 11) is 0. The molecule has 0 bridgehead atoms. The number of Topliss-reactive ketones (excluding diaryl/α,β-unsaturated/α-hetero) is 1. The number of nitrogens with zero attached hydrogens (tertiary/aromatic N) is 2. The predicted molar refractivity (Wildman–Crippen MR) is 68.0 cm³/mol. The second kappa shape index (κ2) is 5.71. The molecule has 98 valence electrons. The molecule has 5 heteroatoms. The smallest absolute Gasteiger partial charge is 0.207 e. The van der Waals surface area contributed by atoms with E-state index >= 15 is 0 Å². The van der Waals surface area contributed by atoms with Crippen LogP contribution in [0.2, 0.25) is 0 Å². The molecule has 1 rings (SSSR count). The van der Waals surface area contributed by atoms with Crippen molar-refractivity contribution in [3.63, 3.8) is 0 Å². The van der Waals surface area contributed by atoms with Crippen LogP contribution < -0.4 is 0 Å². The van der Waals surface area contributed by atoms with Gasteiger partial charge in [0.2, 0.25) is 6.54 Å². The number of nitro groups is 1. The second-order valence-electron chi connectivity index (χ2n) is 5.42. The topological polar surface area (TPSA) is 73.1 Å². The average Bonchev–Trinajstić information content (AvgIpc) is 2.27. The van der Waals surface area contributed by atoms with Gasteiger partial charge in [-0.2, -0.15) is 0 Å². The maximum absolute atomic E-state index is 12.0. The SMILES string of the molecule is CC(C)(C)[C@H](CC(=O)c1ccccn1)C[N+](=O)[O-]. The van der Waals surface area contributed by atoms with Crippen LogP contribution in [0.5, 0.6) is 0 Å². The first-order chi connectivity index (χ1) is 8.30. The van der Waals surface area contributed by atoms with E-state index in [1.807, 2.05) is 20.8 Å². The molecule has 0 saturated carbocycles. The maximum Gasteiger partial charge on any atom is 0.207 e. The average molecular weight is 250 g/mol. The Morgan fingerprint density at radius 3 is 2.56 bits per heavy atom. The van der Waals surface area contributed by atoms with Gasteiger partial charge in [0.25, 0.3) is 0 Å². The van der Waals surface area contributed by atoms with E-state index in [1.165, 1.54) is 0 Å². The molecule has 0 saturated heterocycles. The van der Waals surface area contributed by atoms with Gasteiger partial charge in [-0.25, -0.2) is 0 Å². The largest absolute Gasteiger partial charge is 0.292 e. The molecular formula is C13H18N2O3. The number of rotatable bonds is 5. The highest BCUT2D eigenvalue weighted by molar-refractivity contribution is 5.94. The Bertz CT molecular complexity index is 424. The van der Waals surface area contributed by atoms with E-state index in [9.17, 15) is 14.9 Å². The fraction of sp³-hybridized carbons (Fsp3) is 0.538. The highest BCUT2D eigenvalue weighted by Crippen LogP contribution is 2.29. The van der Waals surface area contributed by atoms with E-state index in [-0.39, 0.29) is 35.0 Å². The molecule has 1 aromatic rings. The number of hydrogen-bond donors (Lipinski definition) is 0. The lowest BCUT2D eigenvalue weighted by Crippen LogP contribution is -2.30. The molecular weight excluding hydrogens is 232 g/mol. The molecule has 5 nitrogen and oxygen atoms in total. The van der Waals surface area contributed by atoms with Crippen molar-refractivity contribution in [1.29, 1.82) is 0 Å². The van der Waals surface area contributed by atoms with Gasteiger partial charge >= 0.3 is 0 Å². The van der Waals surface area contributed by atoms with Crippen LogP contribution in [0.15, 0.2) is 24.4 Å². The number of carbonyl (C=O) groups excluding carboxylic acids is 1. The Hall–Kier alpha value is -1.78. The summed E-state index contributed by atoms with van der Waals surface area (Å²) in [4.78, 5) is 26.3. The standard InChI is InChI=1S/C13H18N2O3/c1-13(2,3)10(9-15(17)18)8-12(16)11-6-4-5-7-14-11/h4-7,10H,8-9H2,1-3H3/t10-/m1/s1. The minimum absolute atomic E-state index is 0.141. The van der Waals surface area contributed by atoms with Crippen molar-refractivity contribution in [1.82, 2.24) is 4.98 Å². The van der Waals surface area contributed by atoms with Crippen LogP contribution in [0, 0.1) is 21.4 Å². The Morgan fingerprint density at radius 1 is 1.44 bits per heavy atom. The van der Waals surface area contributed by atoms with Gasteiger partial charge in [0.1, 0.15) is 5.69 Å². The van der Waals surface area contributed by atoms with Crippen molar-refractivity contribution in [3.8, 4) is 0 Å². The van der Waals surface area contributed by atoms with E-state index < -0.39 is 0 Å². The van der Waals surface area contributed by atoms with E-state index in [0.717, 1.165) is 0 Å². The summed E-state index contributed by atoms with van der Waals surface area (Å²) in [6, 6.07) is 5.10. The van der Waals surface area contributed by atoms with Gasteiger partial charge in [-0.1, -0.05) is 26.8 Å². The van der Waals surface area contributed by atoms with Gasteiger partial charge in [0.05, 0.1) is 0 Å². The van der Waals surface area contributed by atoms with Crippen molar-refractivity contribution in [2.24, 2.45) is 11.3 Å². The fourth-order valence-corrected chi connectivity index (χ4v) is 1.68. The number of pyridine rings is 1. The molecule has 0 aromatic carbocycles. The van der Waals surface area contributed by atoms with Crippen molar-refractivity contribution < 1.29 is 9.72 Å². The quantitative estimate of drug-likeness (QED) is 0.457. The highest BCUT2D eigenvalue weighted by atomic mass is 16.6. The lowest BCUT2D eigenvalue weighted by molar-refractivity contribution is -0.491. The number of carbonyl (C=O) groups is 1. The van der Waals surface area contributed by atoms with Crippen LogP contribution in [0.1, 0.15) is 37.7 Å². The zero-order chi connectivity index (χ0) is 13.8. The lowest BCUT2D eigenvalue weighted by Gasteiger charge is -2.26. The third-order valence-electron chi connectivity index (χ3n) is 2.98. The molecule has 1 atom stereocenters. The van der Waals surface area contributed by atoms with E-state index in [4.69, 9.17) is 0 Å². The van der Waals surface area contributed by atoms with Crippen molar-refractivity contribution in [3.05, 3.63) is 40.2 Å². The monoisotopic (exact) mass is 250 g/mol. The van der Waals surface area contributed by atoms with E-state index in [2.05, 4.69) is 4.98 Å². The zero-order valence-electron chi connectivity index (χ0n) is 10.9. The summed E-state index contributed by atoms with van der Waals surface area (Å²) in [6.45, 7) is 5.54. The van der Waals surface area contributed by atoms with Crippen molar-refractivity contribution in [2.45, 2.75) is 27.2 Å². The highest BCUT2D eigenvalue weighted by Gasteiger charge is 2.31. The number of aromatic nitrogens is 1. The lowest BCUT2D eigenvalue weighted by atomic mass is 9.77. The van der Waals surface area contributed by atoms with Gasteiger partial charge in [-0.3, -0.25) is 19.9 Å². The number of ketones is 1. The molecule has 0 N–H and O–H groups in total. The molecule has 1 heterocycles. The summed E-state index contributed by atoms with van der Waals surface area (Å²) in [5.74, 6) is -0.431. The zero-order valence-corrected chi connectivity index (χ0v) is 10.9. The molecule has 0 aliphatic rings. The van der Waals surface area contributed by atoms with Crippen LogP contribution in [0.3, 0.4) is 0 Å². The van der Waals surface area contributed by atoms with Crippen LogP contribution in [-0.2, 0) is 0 Å². The van der Waals surface area contributed by atoms with E-state index in [1.54, 1.807) is 24.4 Å². The van der Waals surface area contributed by atoms with Crippen LogP contribution in [0.25, 0.3) is 0 Å². The Morgan fingerprint density at radius 2 is 2.11 bits per heavy atom. The summed E-state index contributed by atoms with van der Waals surface area (Å²) < 4.78 is 0. The Labute approximate surface area is 106 Å². The molecule has 0 unspecified atom stereocenters. The minimum atomic E-state index is -0.360. The van der Waals surface area contributed by atoms with Crippen molar-refractivity contribution in [2.75, 3.05) is 6.54 Å². The Balaban J connectivity index is 2.78. The summed E-state index contributed by atoms with van der Waals surface area (Å²) >= 11 is 0. The molecule has 0 aliphatic heterocycles. The van der Waals surface area contributed by atoms with Gasteiger partial charge in [-0.15, -0.1) is 0 Å². The minimum Gasteiger partial charge on any atom is -0.292 e.